The summed E-state index contributed by atoms with van der Waals surface area (Å²) in [6.45, 7) is 2.35. The van der Waals surface area contributed by atoms with Crippen molar-refractivity contribution in [3.05, 3.63) is 0 Å². The summed E-state index contributed by atoms with van der Waals surface area (Å²) in [5, 5.41) is 0. The van der Waals surface area contributed by atoms with Crippen molar-refractivity contribution in [2.24, 2.45) is 0 Å². The van der Waals surface area contributed by atoms with Crippen LogP contribution in [0.5, 0.6) is 0 Å². The summed E-state index contributed by atoms with van der Waals surface area (Å²) in [6, 6.07) is 0. The Kier molecular flexibility index (Phi) is 4.49. The lowest BCUT2D eigenvalue weighted by atomic mass is 10.9. The molecule has 0 aliphatic heterocycles. The van der Waals surface area contributed by atoms with E-state index in [1.54, 1.807) is 44.1 Å². The molecule has 0 atom stereocenters. The molecule has 0 heterocycles. The standard InChI is InChI=1S/C2H5I2O2P/c1-2-6-7(3,4)5/h2H2,1H3. The van der Waals surface area contributed by atoms with Crippen LogP contribution in [0.3, 0.4) is 0 Å². The van der Waals surface area contributed by atoms with Gasteiger partial charge in [-0.3, -0.25) is 4.57 Å². The van der Waals surface area contributed by atoms with Crippen LogP contribution in [-0.2, 0) is 9.09 Å². The minimum absolute atomic E-state index is 0.531. The molecule has 7 heavy (non-hydrogen) atoms. The van der Waals surface area contributed by atoms with E-state index in [2.05, 4.69) is 0 Å². The van der Waals surface area contributed by atoms with Gasteiger partial charge < -0.3 is 4.52 Å². The molecule has 0 radical (unpaired) electrons. The van der Waals surface area contributed by atoms with E-state index in [1.807, 2.05) is 6.92 Å². The average molecular weight is 346 g/mol. The molecule has 0 amide bonds. The molecular weight excluding hydrogens is 341 g/mol. The van der Waals surface area contributed by atoms with Crippen LogP contribution in [-0.4, -0.2) is 6.61 Å². The van der Waals surface area contributed by atoms with Crippen LogP contribution in [0.1, 0.15) is 6.92 Å². The van der Waals surface area contributed by atoms with E-state index in [1.165, 1.54) is 0 Å². The molecule has 0 aromatic rings. The third-order valence-electron chi connectivity index (χ3n) is 0.279. The zero-order valence-electron chi connectivity index (χ0n) is 3.73. The van der Waals surface area contributed by atoms with Gasteiger partial charge in [0.05, 0.1) is 6.61 Å². The van der Waals surface area contributed by atoms with Crippen LogP contribution >= 0.6 is 46.7 Å². The number of rotatable bonds is 2. The van der Waals surface area contributed by atoms with Crippen LogP contribution in [0.2, 0.25) is 0 Å². The summed E-state index contributed by atoms with van der Waals surface area (Å²) in [7, 11) is 0. The fourth-order valence-electron chi connectivity index (χ4n) is 0.150. The highest BCUT2D eigenvalue weighted by Crippen LogP contribution is 2.63. The largest absolute Gasteiger partial charge is 0.315 e. The molecule has 0 N–H and O–H groups in total. The first-order valence-corrected chi connectivity index (χ1v) is 8.89. The maximum absolute atomic E-state index is 10.6. The van der Waals surface area contributed by atoms with Crippen LogP contribution in [0.15, 0.2) is 0 Å². The van der Waals surface area contributed by atoms with Gasteiger partial charge in [0.15, 0.2) is 0 Å². The summed E-state index contributed by atoms with van der Waals surface area (Å²) in [6.07, 6.45) is 0. The van der Waals surface area contributed by atoms with Crippen molar-refractivity contribution in [3.63, 3.8) is 0 Å². The Hall–Kier alpha value is 1.65. The Labute approximate surface area is 68.8 Å². The van der Waals surface area contributed by atoms with Gasteiger partial charge in [-0.25, -0.2) is 0 Å². The summed E-state index contributed by atoms with van der Waals surface area (Å²) < 4.78 is 13.1. The van der Waals surface area contributed by atoms with Gasteiger partial charge in [-0.1, -0.05) is 0 Å². The van der Waals surface area contributed by atoms with Crippen LogP contribution in [0, 0.1) is 0 Å². The fourth-order valence-corrected chi connectivity index (χ4v) is 2.12. The highest BCUT2D eigenvalue weighted by molar-refractivity contribution is 14.3. The molecule has 0 aliphatic rings. The second-order valence-corrected chi connectivity index (χ2v) is 15.1. The molecule has 0 aromatic carbocycles. The Morgan fingerprint density at radius 2 is 2.14 bits per heavy atom. The zero-order chi connectivity index (χ0) is 5.91. The van der Waals surface area contributed by atoms with Crippen LogP contribution in [0.25, 0.3) is 0 Å². The average Bonchev–Trinajstić information content (AvgIpc) is 1.30. The van der Waals surface area contributed by atoms with E-state index in [0.29, 0.717) is 6.61 Å². The van der Waals surface area contributed by atoms with E-state index in [-0.39, 0.29) is 0 Å². The van der Waals surface area contributed by atoms with Crippen molar-refractivity contribution in [2.45, 2.75) is 6.92 Å². The monoisotopic (exact) mass is 346 g/mol. The first-order chi connectivity index (χ1) is 3.06. The highest BCUT2D eigenvalue weighted by Gasteiger charge is 2.08. The van der Waals surface area contributed by atoms with Crippen molar-refractivity contribution in [1.82, 2.24) is 0 Å². The van der Waals surface area contributed by atoms with Crippen molar-refractivity contribution in [2.75, 3.05) is 6.61 Å². The molecule has 0 bridgehead atoms. The molecule has 0 saturated carbocycles. The lowest BCUT2D eigenvalue weighted by Gasteiger charge is -1.97. The van der Waals surface area contributed by atoms with Gasteiger partial charge in [-0.05, 0) is 6.92 Å². The normalized spacial score (nSPS) is 11.9. The molecule has 0 aliphatic carbocycles. The molecule has 2 nitrogen and oxygen atoms in total. The molecular formula is C2H5I2O2P. The molecule has 5 heteroatoms. The topological polar surface area (TPSA) is 26.3 Å². The molecule has 0 rings (SSSR count). The van der Waals surface area contributed by atoms with Crippen molar-refractivity contribution in [1.29, 1.82) is 0 Å². The van der Waals surface area contributed by atoms with Crippen LogP contribution < -0.4 is 0 Å². The van der Waals surface area contributed by atoms with Gasteiger partial charge in [-0.15, -0.1) is 0 Å². The van der Waals surface area contributed by atoms with E-state index < -0.39 is 2.65 Å². The molecule has 0 fully saturated rings. The Bertz CT molecular complexity index is 87.7. The van der Waals surface area contributed by atoms with Crippen molar-refractivity contribution >= 4 is 46.7 Å². The van der Waals surface area contributed by atoms with Crippen LogP contribution in [0.4, 0.5) is 0 Å². The summed E-state index contributed by atoms with van der Waals surface area (Å²) in [5.41, 5.74) is 0. The molecule has 0 aromatic heterocycles. The fraction of sp³-hybridized carbons (Fsp3) is 1.00. The lowest BCUT2D eigenvalue weighted by molar-refractivity contribution is 0.362. The van der Waals surface area contributed by atoms with E-state index in [0.717, 1.165) is 0 Å². The molecule has 0 unspecified atom stereocenters. The van der Waals surface area contributed by atoms with E-state index in [4.69, 9.17) is 4.52 Å². The SMILES string of the molecule is CCOP(=O)(I)I. The van der Waals surface area contributed by atoms with E-state index >= 15 is 0 Å². The number of hydrogen-bond donors (Lipinski definition) is 0. The smallest absolute Gasteiger partial charge is 0.315 e. The highest BCUT2D eigenvalue weighted by atomic mass is 127. The molecule has 44 valence electrons. The van der Waals surface area contributed by atoms with Crippen molar-refractivity contribution in [3.8, 4) is 0 Å². The van der Waals surface area contributed by atoms with Gasteiger partial charge in [0.25, 0.3) is 0 Å². The zero-order valence-corrected chi connectivity index (χ0v) is 8.94. The van der Waals surface area contributed by atoms with E-state index in [9.17, 15) is 4.57 Å². The van der Waals surface area contributed by atoms with Gasteiger partial charge in [0.1, 0.15) is 0 Å². The molecule has 0 saturated heterocycles. The predicted octanol–water partition coefficient (Wildman–Crippen LogP) is 3.00. The van der Waals surface area contributed by atoms with Gasteiger partial charge in [0.2, 0.25) is 0 Å². The molecule has 0 spiro atoms. The van der Waals surface area contributed by atoms with Gasteiger partial charge in [0, 0.05) is 44.1 Å². The first kappa shape index (κ1) is 8.65. The Morgan fingerprint density at radius 1 is 1.71 bits per heavy atom. The van der Waals surface area contributed by atoms with Crippen molar-refractivity contribution < 1.29 is 9.09 Å². The summed E-state index contributed by atoms with van der Waals surface area (Å²) in [4.78, 5) is 0. The third kappa shape index (κ3) is 7.65. The second kappa shape index (κ2) is 3.63. The quantitative estimate of drug-likeness (QED) is 0.568. The Balaban J connectivity index is 3.36. The maximum Gasteiger partial charge on any atom is 0.315 e. The van der Waals surface area contributed by atoms with Gasteiger partial charge in [-0.2, -0.15) is 0 Å². The number of halogens is 2. The predicted molar refractivity (Wildman–Crippen MR) is 47.3 cm³/mol. The maximum atomic E-state index is 10.6. The second-order valence-electron chi connectivity index (χ2n) is 0.832. The minimum atomic E-state index is -2.23. The minimum Gasteiger partial charge on any atom is -0.315 e. The summed E-state index contributed by atoms with van der Waals surface area (Å²) in [5.74, 6) is 0. The first-order valence-electron chi connectivity index (χ1n) is 1.70. The number of hydrogen-bond acceptors (Lipinski definition) is 2. The summed E-state index contributed by atoms with van der Waals surface area (Å²) >= 11 is 3.59. The Morgan fingerprint density at radius 3 is 2.14 bits per heavy atom. The lowest BCUT2D eigenvalue weighted by Crippen LogP contribution is -1.73. The third-order valence-corrected chi connectivity index (χ3v) is 2.51. The van der Waals surface area contributed by atoms with Gasteiger partial charge >= 0.3 is 2.65 Å².